The van der Waals surface area contributed by atoms with Gasteiger partial charge in [0.05, 0.1) is 16.6 Å². The summed E-state index contributed by atoms with van der Waals surface area (Å²) in [7, 11) is 1.82. The number of ether oxygens (including phenoxy) is 1. The number of halogens is 1. The molecule has 1 aliphatic carbocycles. The molecule has 0 bridgehead atoms. The van der Waals surface area contributed by atoms with Gasteiger partial charge in [-0.25, -0.2) is 4.98 Å². The van der Waals surface area contributed by atoms with E-state index in [0.29, 0.717) is 18.1 Å². The Kier molecular flexibility index (Phi) is 3.39. The maximum atomic E-state index is 5.82. The molecule has 2 aliphatic rings. The Bertz CT molecular complexity index is 438. The van der Waals surface area contributed by atoms with Crippen molar-refractivity contribution in [2.45, 2.75) is 31.4 Å². The van der Waals surface area contributed by atoms with Crippen molar-refractivity contribution in [3.63, 3.8) is 0 Å². The van der Waals surface area contributed by atoms with Crippen LogP contribution in [-0.2, 0) is 4.74 Å². The zero-order valence-corrected chi connectivity index (χ0v) is 11.9. The highest BCUT2D eigenvalue weighted by molar-refractivity contribution is 9.10. The van der Waals surface area contributed by atoms with E-state index in [1.807, 2.05) is 7.05 Å². The third-order valence-corrected chi connectivity index (χ3v) is 4.09. The number of hydrogen-bond donors (Lipinski definition) is 2. The summed E-state index contributed by atoms with van der Waals surface area (Å²) in [4.78, 5) is 8.59. The third kappa shape index (κ3) is 2.44. The molecule has 3 rings (SSSR count). The first kappa shape index (κ1) is 12.2. The number of aromatic nitrogens is 2. The van der Waals surface area contributed by atoms with Crippen LogP contribution in [0.25, 0.3) is 0 Å². The molecule has 98 valence electrons. The second-order valence-corrected chi connectivity index (χ2v) is 5.71. The Labute approximate surface area is 115 Å². The number of nitrogens with one attached hydrogen (secondary N) is 2. The zero-order valence-electron chi connectivity index (χ0n) is 10.3. The van der Waals surface area contributed by atoms with Crippen molar-refractivity contribution in [1.82, 2.24) is 9.97 Å². The van der Waals surface area contributed by atoms with Gasteiger partial charge in [-0.3, -0.25) is 0 Å². The van der Waals surface area contributed by atoms with E-state index in [1.54, 1.807) is 6.20 Å². The van der Waals surface area contributed by atoms with Crippen LogP contribution in [0.5, 0.6) is 0 Å². The van der Waals surface area contributed by atoms with Gasteiger partial charge in [0.1, 0.15) is 5.82 Å². The van der Waals surface area contributed by atoms with Crippen LogP contribution in [0.3, 0.4) is 0 Å². The van der Waals surface area contributed by atoms with Crippen molar-refractivity contribution in [3.8, 4) is 0 Å². The summed E-state index contributed by atoms with van der Waals surface area (Å²) in [6.07, 6.45) is 5.77. The lowest BCUT2D eigenvalue weighted by molar-refractivity contribution is 0.0898. The predicted octanol–water partition coefficient (Wildman–Crippen LogP) is 2.26. The molecule has 0 amide bonds. The fourth-order valence-corrected chi connectivity index (χ4v) is 2.73. The quantitative estimate of drug-likeness (QED) is 0.893. The first-order chi connectivity index (χ1) is 8.78. The summed E-state index contributed by atoms with van der Waals surface area (Å²) in [5.74, 6) is 2.22. The van der Waals surface area contributed by atoms with E-state index in [1.165, 1.54) is 12.8 Å². The summed E-state index contributed by atoms with van der Waals surface area (Å²) in [5.41, 5.74) is 0. The Balaban J connectivity index is 1.74. The molecule has 0 radical (unpaired) electrons. The van der Waals surface area contributed by atoms with Crippen LogP contribution in [-0.4, -0.2) is 35.8 Å². The molecule has 1 aliphatic heterocycles. The van der Waals surface area contributed by atoms with Crippen LogP contribution in [0.1, 0.15) is 19.3 Å². The minimum Gasteiger partial charge on any atom is -0.376 e. The molecular formula is C12H17BrN4O. The fourth-order valence-electron chi connectivity index (χ4n) is 2.42. The van der Waals surface area contributed by atoms with Gasteiger partial charge in [-0.05, 0) is 41.1 Å². The largest absolute Gasteiger partial charge is 0.376 e. The standard InChI is InChI=1S/C12H17BrN4O/c1-14-12-15-6-8(13)11(17-12)16-9-4-5-18-10(9)7-2-3-7/h6-7,9-10H,2-5H2,1H3,(H2,14,15,16,17). The lowest BCUT2D eigenvalue weighted by Gasteiger charge is -2.20. The van der Waals surface area contributed by atoms with Crippen LogP contribution in [0.2, 0.25) is 0 Å². The third-order valence-electron chi connectivity index (χ3n) is 3.51. The van der Waals surface area contributed by atoms with E-state index < -0.39 is 0 Å². The van der Waals surface area contributed by atoms with E-state index in [-0.39, 0.29) is 0 Å². The molecule has 2 N–H and O–H groups in total. The molecule has 2 heterocycles. The molecule has 0 spiro atoms. The highest BCUT2D eigenvalue weighted by atomic mass is 79.9. The number of hydrogen-bond acceptors (Lipinski definition) is 5. The summed E-state index contributed by atoms with van der Waals surface area (Å²) < 4.78 is 6.71. The van der Waals surface area contributed by atoms with Gasteiger partial charge in [-0.15, -0.1) is 0 Å². The van der Waals surface area contributed by atoms with Gasteiger partial charge in [0.15, 0.2) is 0 Å². The van der Waals surface area contributed by atoms with Crippen LogP contribution >= 0.6 is 15.9 Å². The first-order valence-corrected chi connectivity index (χ1v) is 7.15. The molecule has 2 atom stereocenters. The van der Waals surface area contributed by atoms with Gasteiger partial charge < -0.3 is 15.4 Å². The van der Waals surface area contributed by atoms with Gasteiger partial charge in [-0.1, -0.05) is 0 Å². The maximum Gasteiger partial charge on any atom is 0.224 e. The highest BCUT2D eigenvalue weighted by Gasteiger charge is 2.40. The second kappa shape index (κ2) is 5.01. The molecule has 2 unspecified atom stereocenters. The molecular weight excluding hydrogens is 296 g/mol. The molecule has 5 nitrogen and oxygen atoms in total. The average Bonchev–Trinajstić information content (AvgIpc) is 3.13. The topological polar surface area (TPSA) is 59.1 Å². The number of anilines is 2. The Morgan fingerprint density at radius 2 is 2.22 bits per heavy atom. The molecule has 2 fully saturated rings. The minimum absolute atomic E-state index is 0.352. The van der Waals surface area contributed by atoms with E-state index >= 15 is 0 Å². The van der Waals surface area contributed by atoms with Gasteiger partial charge in [-0.2, -0.15) is 4.98 Å². The van der Waals surface area contributed by atoms with E-state index in [9.17, 15) is 0 Å². The van der Waals surface area contributed by atoms with Crippen molar-refractivity contribution in [2.24, 2.45) is 5.92 Å². The Morgan fingerprint density at radius 3 is 2.94 bits per heavy atom. The molecule has 6 heteroatoms. The molecule has 1 saturated carbocycles. The molecule has 18 heavy (non-hydrogen) atoms. The molecule has 1 aromatic rings. The summed E-state index contributed by atoms with van der Waals surface area (Å²) in [6.45, 7) is 0.848. The maximum absolute atomic E-state index is 5.82. The van der Waals surface area contributed by atoms with Crippen molar-refractivity contribution in [3.05, 3.63) is 10.7 Å². The number of rotatable bonds is 4. The van der Waals surface area contributed by atoms with Crippen molar-refractivity contribution < 1.29 is 4.74 Å². The van der Waals surface area contributed by atoms with Crippen LogP contribution in [0.4, 0.5) is 11.8 Å². The van der Waals surface area contributed by atoms with Gasteiger partial charge in [0.2, 0.25) is 5.95 Å². The highest BCUT2D eigenvalue weighted by Crippen LogP contribution is 2.39. The smallest absolute Gasteiger partial charge is 0.224 e. The van der Waals surface area contributed by atoms with Crippen molar-refractivity contribution in [2.75, 3.05) is 24.3 Å². The predicted molar refractivity (Wildman–Crippen MR) is 73.8 cm³/mol. The van der Waals surface area contributed by atoms with E-state index in [2.05, 4.69) is 36.5 Å². The lowest BCUT2D eigenvalue weighted by atomic mass is 10.1. The number of nitrogens with zero attached hydrogens (tertiary/aromatic N) is 2. The summed E-state index contributed by atoms with van der Waals surface area (Å²) >= 11 is 3.48. The monoisotopic (exact) mass is 312 g/mol. The zero-order chi connectivity index (χ0) is 12.5. The van der Waals surface area contributed by atoms with Gasteiger partial charge >= 0.3 is 0 Å². The van der Waals surface area contributed by atoms with Gasteiger partial charge in [0, 0.05) is 19.9 Å². The average molecular weight is 313 g/mol. The van der Waals surface area contributed by atoms with Crippen LogP contribution in [0.15, 0.2) is 10.7 Å². The normalized spacial score (nSPS) is 27.2. The fraction of sp³-hybridized carbons (Fsp3) is 0.667. The Hall–Kier alpha value is -0.880. The Morgan fingerprint density at radius 1 is 1.39 bits per heavy atom. The van der Waals surface area contributed by atoms with Crippen molar-refractivity contribution >= 4 is 27.7 Å². The van der Waals surface area contributed by atoms with E-state index in [4.69, 9.17) is 4.74 Å². The summed E-state index contributed by atoms with van der Waals surface area (Å²) in [5, 5.41) is 6.44. The minimum atomic E-state index is 0.352. The van der Waals surface area contributed by atoms with E-state index in [0.717, 1.165) is 29.2 Å². The molecule has 1 aromatic heterocycles. The lowest BCUT2D eigenvalue weighted by Crippen LogP contribution is -2.31. The van der Waals surface area contributed by atoms with Gasteiger partial charge in [0.25, 0.3) is 0 Å². The van der Waals surface area contributed by atoms with Crippen LogP contribution in [0, 0.1) is 5.92 Å². The first-order valence-electron chi connectivity index (χ1n) is 6.36. The second-order valence-electron chi connectivity index (χ2n) is 4.85. The SMILES string of the molecule is CNc1ncc(Br)c(NC2CCOC2C2CC2)n1. The molecule has 1 saturated heterocycles. The summed E-state index contributed by atoms with van der Waals surface area (Å²) in [6, 6.07) is 0.369. The van der Waals surface area contributed by atoms with Crippen LogP contribution < -0.4 is 10.6 Å². The molecule has 0 aromatic carbocycles. The van der Waals surface area contributed by atoms with Crippen molar-refractivity contribution in [1.29, 1.82) is 0 Å².